The summed E-state index contributed by atoms with van der Waals surface area (Å²) >= 11 is 0. The van der Waals surface area contributed by atoms with Gasteiger partial charge in [0.25, 0.3) is 0 Å². The zero-order valence-electron chi connectivity index (χ0n) is 12.9. The van der Waals surface area contributed by atoms with Gasteiger partial charge < -0.3 is 10.8 Å². The van der Waals surface area contributed by atoms with E-state index < -0.39 is 47.2 Å². The lowest BCUT2D eigenvalue weighted by molar-refractivity contribution is -0.192. The first-order valence-electron chi connectivity index (χ1n) is 7.06. The number of aliphatic carboxylic acids is 1. The van der Waals surface area contributed by atoms with E-state index in [9.17, 15) is 31.1 Å². The molecule has 0 heterocycles. The maximum Gasteiger partial charge on any atom is 0.490 e. The summed E-state index contributed by atoms with van der Waals surface area (Å²) in [6.07, 6.45) is -4.16. The van der Waals surface area contributed by atoms with Gasteiger partial charge in [0.2, 0.25) is 5.78 Å². The van der Waals surface area contributed by atoms with E-state index in [1.165, 1.54) is 19.1 Å². The minimum Gasteiger partial charge on any atom is -0.475 e. The molecule has 1 aromatic carbocycles. The largest absolute Gasteiger partial charge is 0.490 e. The third-order valence-electron chi connectivity index (χ3n) is 3.36. The molecule has 1 saturated carbocycles. The molecule has 1 aromatic rings. The first kappa shape index (κ1) is 20.9. The highest BCUT2D eigenvalue weighted by Crippen LogP contribution is 2.42. The van der Waals surface area contributed by atoms with Crippen molar-refractivity contribution in [2.24, 2.45) is 11.7 Å². The highest BCUT2D eigenvalue weighted by atomic mass is 19.4. The van der Waals surface area contributed by atoms with Crippen molar-refractivity contribution in [3.05, 3.63) is 35.1 Å². The molecule has 0 bridgehead atoms. The van der Waals surface area contributed by atoms with Crippen LogP contribution >= 0.6 is 0 Å². The molecular weight excluding hydrogens is 356 g/mol. The van der Waals surface area contributed by atoms with Crippen molar-refractivity contribution < 1.29 is 41.0 Å². The molecule has 2 rings (SSSR count). The van der Waals surface area contributed by atoms with Crippen LogP contribution in [0.2, 0.25) is 0 Å². The average Bonchev–Trinajstić information content (AvgIpc) is 3.30. The normalized spacial score (nSPS) is 15.8. The summed E-state index contributed by atoms with van der Waals surface area (Å²) in [5.74, 6) is -9.42. The number of alkyl halides is 5. The maximum atomic E-state index is 14.0. The molecule has 1 atom stereocenters. The van der Waals surface area contributed by atoms with Gasteiger partial charge in [-0.15, -0.1) is 0 Å². The first-order valence-corrected chi connectivity index (χ1v) is 7.06. The molecule has 10 heteroatoms. The molecule has 0 amide bonds. The fourth-order valence-corrected chi connectivity index (χ4v) is 1.88. The Morgan fingerprint density at radius 2 is 1.68 bits per heavy atom. The number of nitrogens with two attached hydrogens (primary N) is 1. The molecule has 3 N–H and O–H groups in total. The minimum atomic E-state index is -5.08. The van der Waals surface area contributed by atoms with Gasteiger partial charge in [-0.25, -0.2) is 9.18 Å². The summed E-state index contributed by atoms with van der Waals surface area (Å²) < 4.78 is 73.5. The number of benzene rings is 1. The molecule has 0 aliphatic heterocycles. The Kier molecular flexibility index (Phi) is 6.22. The summed E-state index contributed by atoms with van der Waals surface area (Å²) in [7, 11) is 0. The van der Waals surface area contributed by atoms with Crippen LogP contribution in [0, 0.1) is 11.7 Å². The molecule has 0 radical (unpaired) electrons. The van der Waals surface area contributed by atoms with Crippen molar-refractivity contribution >= 4 is 11.8 Å². The van der Waals surface area contributed by atoms with E-state index in [-0.39, 0.29) is 5.56 Å². The van der Waals surface area contributed by atoms with Gasteiger partial charge in [-0.1, -0.05) is 12.1 Å². The Labute approximate surface area is 138 Å². The van der Waals surface area contributed by atoms with E-state index in [2.05, 4.69) is 0 Å². The molecule has 1 aliphatic rings. The highest BCUT2D eigenvalue weighted by molar-refractivity contribution is 5.90. The van der Waals surface area contributed by atoms with Gasteiger partial charge in [0.05, 0.1) is 5.56 Å². The third kappa shape index (κ3) is 5.18. The zero-order valence-corrected chi connectivity index (χ0v) is 12.9. The fourth-order valence-electron chi connectivity index (χ4n) is 1.88. The second kappa shape index (κ2) is 7.42. The SMILES string of the molecule is C[C@@H](N)c1cccc(C(F)(F)C(=O)C2CC2)c1F.O=C(O)C(F)(F)F. The van der Waals surface area contributed by atoms with Crippen LogP contribution in [0.4, 0.5) is 26.3 Å². The predicted octanol–water partition coefficient (Wildman–Crippen LogP) is 3.55. The lowest BCUT2D eigenvalue weighted by atomic mass is 9.96. The zero-order chi connectivity index (χ0) is 19.6. The lowest BCUT2D eigenvalue weighted by Gasteiger charge is -2.18. The Morgan fingerprint density at radius 1 is 1.20 bits per heavy atom. The summed E-state index contributed by atoms with van der Waals surface area (Å²) in [6.45, 7) is 1.50. The van der Waals surface area contributed by atoms with E-state index in [0.717, 1.165) is 6.07 Å². The van der Waals surface area contributed by atoms with Gasteiger partial charge in [0.15, 0.2) is 0 Å². The van der Waals surface area contributed by atoms with Crippen LogP contribution in [-0.2, 0) is 15.5 Å². The van der Waals surface area contributed by atoms with Gasteiger partial charge >= 0.3 is 18.1 Å². The Morgan fingerprint density at radius 3 is 2.04 bits per heavy atom. The van der Waals surface area contributed by atoms with E-state index in [1.807, 2.05) is 0 Å². The number of ketones is 1. The number of carboxylic acids is 1. The van der Waals surface area contributed by atoms with Crippen LogP contribution in [0.15, 0.2) is 18.2 Å². The molecule has 25 heavy (non-hydrogen) atoms. The number of rotatable bonds is 4. The summed E-state index contributed by atoms with van der Waals surface area (Å²) in [4.78, 5) is 20.4. The molecule has 140 valence electrons. The molecule has 1 aliphatic carbocycles. The van der Waals surface area contributed by atoms with Crippen molar-refractivity contribution in [1.82, 2.24) is 0 Å². The van der Waals surface area contributed by atoms with Crippen LogP contribution in [0.5, 0.6) is 0 Å². The predicted molar refractivity (Wildman–Crippen MR) is 74.3 cm³/mol. The maximum absolute atomic E-state index is 14.0. The molecule has 0 spiro atoms. The van der Waals surface area contributed by atoms with Crippen LogP contribution in [0.1, 0.15) is 36.9 Å². The van der Waals surface area contributed by atoms with Crippen molar-refractivity contribution in [2.75, 3.05) is 0 Å². The third-order valence-corrected chi connectivity index (χ3v) is 3.36. The standard InChI is InChI=1S/C13H14F3NO.C2HF3O2/c1-7(17)9-3-2-4-10(11(9)14)13(15,16)12(18)8-5-6-8;3-2(4,5)1(6)7/h2-4,7-8H,5-6,17H2,1H3;(H,6,7)/t7-;/m1./s1. The van der Waals surface area contributed by atoms with Crippen LogP contribution in [0.3, 0.4) is 0 Å². The quantitative estimate of drug-likeness (QED) is 0.794. The Bertz CT molecular complexity index is 653. The van der Waals surface area contributed by atoms with Crippen molar-refractivity contribution in [1.29, 1.82) is 0 Å². The van der Waals surface area contributed by atoms with Gasteiger partial charge in [-0.05, 0) is 25.8 Å². The smallest absolute Gasteiger partial charge is 0.475 e. The summed E-state index contributed by atoms with van der Waals surface area (Å²) in [5.41, 5.74) is 4.63. The number of carboxylic acid groups (broad SMARTS) is 1. The van der Waals surface area contributed by atoms with Gasteiger partial charge in [-0.3, -0.25) is 4.79 Å². The van der Waals surface area contributed by atoms with Gasteiger partial charge in [0, 0.05) is 17.5 Å². The van der Waals surface area contributed by atoms with Gasteiger partial charge in [-0.2, -0.15) is 22.0 Å². The first-order chi connectivity index (χ1) is 11.3. The highest BCUT2D eigenvalue weighted by Gasteiger charge is 2.50. The Hall–Kier alpha value is -2.10. The second-order valence-electron chi connectivity index (χ2n) is 5.51. The van der Waals surface area contributed by atoms with Gasteiger partial charge in [0.1, 0.15) is 5.82 Å². The molecule has 4 nitrogen and oxygen atoms in total. The number of carbonyl (C=O) groups excluding carboxylic acids is 1. The fraction of sp³-hybridized carbons (Fsp3) is 0.467. The topological polar surface area (TPSA) is 80.4 Å². The molecule has 0 aromatic heterocycles. The average molecular weight is 371 g/mol. The number of hydrogen-bond donors (Lipinski definition) is 2. The number of Topliss-reactive ketones (excluding diaryl/α,β-unsaturated/α-hetero) is 1. The Balaban J connectivity index is 0.000000381. The molecule has 1 fully saturated rings. The van der Waals surface area contributed by atoms with Crippen molar-refractivity contribution in [3.8, 4) is 0 Å². The molecule has 0 saturated heterocycles. The second-order valence-corrected chi connectivity index (χ2v) is 5.51. The van der Waals surface area contributed by atoms with Crippen LogP contribution in [-0.4, -0.2) is 23.0 Å². The van der Waals surface area contributed by atoms with E-state index >= 15 is 0 Å². The minimum absolute atomic E-state index is 0.00391. The lowest BCUT2D eigenvalue weighted by Crippen LogP contribution is -2.29. The van der Waals surface area contributed by atoms with Crippen LogP contribution in [0.25, 0.3) is 0 Å². The number of halogens is 6. The number of hydrogen-bond acceptors (Lipinski definition) is 3. The van der Waals surface area contributed by atoms with E-state index in [4.69, 9.17) is 15.6 Å². The van der Waals surface area contributed by atoms with Crippen molar-refractivity contribution in [2.45, 2.75) is 37.9 Å². The van der Waals surface area contributed by atoms with E-state index in [0.29, 0.717) is 12.8 Å². The summed E-state index contributed by atoms with van der Waals surface area (Å²) in [6, 6.07) is 2.89. The molecule has 0 unspecified atom stereocenters. The number of carbonyl (C=O) groups is 2. The monoisotopic (exact) mass is 371 g/mol. The van der Waals surface area contributed by atoms with Crippen LogP contribution < -0.4 is 5.73 Å². The molecular formula is C15H15F6NO3. The summed E-state index contributed by atoms with van der Waals surface area (Å²) in [5, 5.41) is 7.12. The van der Waals surface area contributed by atoms with E-state index in [1.54, 1.807) is 0 Å². The van der Waals surface area contributed by atoms with Crippen molar-refractivity contribution in [3.63, 3.8) is 0 Å².